The fourth-order valence-electron chi connectivity index (χ4n) is 3.62. The molecule has 118 valence electrons. The van der Waals surface area contributed by atoms with E-state index in [4.69, 9.17) is 5.73 Å². The molecule has 0 aliphatic heterocycles. The minimum absolute atomic E-state index is 0.0210. The highest BCUT2D eigenvalue weighted by molar-refractivity contribution is 5.28. The summed E-state index contributed by atoms with van der Waals surface area (Å²) in [5, 5.41) is 0. The third-order valence-corrected chi connectivity index (χ3v) is 5.29. The molecule has 2 N–H and O–H groups in total. The van der Waals surface area contributed by atoms with Crippen molar-refractivity contribution in [3.05, 3.63) is 35.4 Å². The van der Waals surface area contributed by atoms with Crippen LogP contribution in [0.25, 0.3) is 0 Å². The van der Waals surface area contributed by atoms with Crippen molar-refractivity contribution in [1.82, 2.24) is 0 Å². The van der Waals surface area contributed by atoms with Crippen LogP contribution in [0.5, 0.6) is 0 Å². The first-order valence-electron chi connectivity index (χ1n) is 8.71. The Labute approximate surface area is 131 Å². The van der Waals surface area contributed by atoms with Crippen molar-refractivity contribution in [2.45, 2.75) is 83.6 Å². The van der Waals surface area contributed by atoms with Crippen molar-refractivity contribution in [2.75, 3.05) is 0 Å². The maximum Gasteiger partial charge on any atom is 0.0195 e. The zero-order valence-corrected chi connectivity index (χ0v) is 14.4. The van der Waals surface area contributed by atoms with Gasteiger partial charge in [-0.25, -0.2) is 0 Å². The van der Waals surface area contributed by atoms with Gasteiger partial charge < -0.3 is 5.73 Å². The van der Waals surface area contributed by atoms with Crippen LogP contribution in [0.15, 0.2) is 24.3 Å². The molecule has 2 unspecified atom stereocenters. The highest BCUT2D eigenvalue weighted by Gasteiger charge is 2.29. The number of nitrogens with two attached hydrogens (primary N) is 1. The minimum Gasteiger partial charge on any atom is -0.325 e. The van der Waals surface area contributed by atoms with E-state index in [1.54, 1.807) is 0 Å². The zero-order chi connectivity index (χ0) is 15.5. The number of benzene rings is 1. The summed E-state index contributed by atoms with van der Waals surface area (Å²) in [6, 6.07) is 9.14. The van der Waals surface area contributed by atoms with Gasteiger partial charge in [-0.05, 0) is 48.1 Å². The summed E-state index contributed by atoms with van der Waals surface area (Å²) >= 11 is 0. The zero-order valence-electron chi connectivity index (χ0n) is 14.4. The fraction of sp³-hybridized carbons (Fsp3) is 0.700. The second-order valence-electron chi connectivity index (χ2n) is 8.19. The molecule has 1 aliphatic rings. The average Bonchev–Trinajstić information content (AvgIpc) is 2.60. The van der Waals surface area contributed by atoms with Gasteiger partial charge in [-0.1, -0.05) is 71.2 Å². The molecule has 1 aromatic rings. The largest absolute Gasteiger partial charge is 0.325 e. The van der Waals surface area contributed by atoms with Gasteiger partial charge in [0, 0.05) is 5.54 Å². The molecule has 1 heteroatoms. The van der Waals surface area contributed by atoms with Gasteiger partial charge in [-0.2, -0.15) is 0 Å². The summed E-state index contributed by atoms with van der Waals surface area (Å²) in [6.07, 6.45) is 8.71. The third-order valence-electron chi connectivity index (χ3n) is 5.29. The lowest BCUT2D eigenvalue weighted by Gasteiger charge is -2.29. The molecule has 21 heavy (non-hydrogen) atoms. The summed E-state index contributed by atoms with van der Waals surface area (Å²) in [5.74, 6) is 0.902. The lowest BCUT2D eigenvalue weighted by atomic mass is 9.82. The van der Waals surface area contributed by atoms with Crippen molar-refractivity contribution in [3.63, 3.8) is 0 Å². The molecule has 0 spiro atoms. The molecule has 0 bridgehead atoms. The van der Waals surface area contributed by atoms with E-state index < -0.39 is 0 Å². The number of hydrogen-bond donors (Lipinski definition) is 1. The van der Waals surface area contributed by atoms with Crippen LogP contribution in [0.4, 0.5) is 0 Å². The standard InChI is InChI=1S/C20H33N/c1-5-16-7-6-13-20(21,14-12-16)15-17-8-10-18(11-9-17)19(2,3)4/h8-11,16H,5-7,12-15,21H2,1-4H3. The lowest BCUT2D eigenvalue weighted by molar-refractivity contribution is 0.358. The van der Waals surface area contributed by atoms with E-state index in [9.17, 15) is 0 Å². The Bertz CT molecular complexity index is 440. The van der Waals surface area contributed by atoms with Crippen LogP contribution in [0.2, 0.25) is 0 Å². The molecule has 0 radical (unpaired) electrons. The van der Waals surface area contributed by atoms with E-state index in [-0.39, 0.29) is 11.0 Å². The normalized spacial score (nSPS) is 27.4. The maximum absolute atomic E-state index is 6.73. The van der Waals surface area contributed by atoms with E-state index in [1.807, 2.05) is 0 Å². The maximum atomic E-state index is 6.73. The summed E-state index contributed by atoms with van der Waals surface area (Å²) in [6.45, 7) is 9.12. The van der Waals surface area contributed by atoms with Crippen LogP contribution in [0.1, 0.15) is 77.3 Å². The smallest absolute Gasteiger partial charge is 0.0195 e. The molecular weight excluding hydrogens is 254 g/mol. The van der Waals surface area contributed by atoms with Crippen LogP contribution < -0.4 is 5.73 Å². The van der Waals surface area contributed by atoms with Crippen LogP contribution in [0.3, 0.4) is 0 Å². The van der Waals surface area contributed by atoms with E-state index in [0.717, 1.165) is 12.3 Å². The van der Waals surface area contributed by atoms with E-state index in [0.29, 0.717) is 0 Å². The quantitative estimate of drug-likeness (QED) is 0.758. The Hall–Kier alpha value is -0.820. The second-order valence-corrected chi connectivity index (χ2v) is 8.19. The number of rotatable bonds is 3. The molecular formula is C20H33N. The minimum atomic E-state index is 0.0210. The molecule has 1 aliphatic carbocycles. The fourth-order valence-corrected chi connectivity index (χ4v) is 3.62. The Morgan fingerprint density at radius 3 is 2.33 bits per heavy atom. The van der Waals surface area contributed by atoms with Gasteiger partial charge in [0.25, 0.3) is 0 Å². The van der Waals surface area contributed by atoms with Crippen LogP contribution in [-0.4, -0.2) is 5.54 Å². The molecule has 1 aromatic carbocycles. The molecule has 1 saturated carbocycles. The van der Waals surface area contributed by atoms with Crippen molar-refractivity contribution in [2.24, 2.45) is 11.7 Å². The first-order chi connectivity index (χ1) is 9.82. The Morgan fingerprint density at radius 1 is 1.10 bits per heavy atom. The molecule has 0 amide bonds. The lowest BCUT2D eigenvalue weighted by Crippen LogP contribution is -2.41. The SMILES string of the molecule is CCC1CCCC(N)(Cc2ccc(C(C)(C)C)cc2)CC1. The van der Waals surface area contributed by atoms with Gasteiger partial charge in [-0.3, -0.25) is 0 Å². The summed E-state index contributed by atoms with van der Waals surface area (Å²) < 4.78 is 0. The van der Waals surface area contributed by atoms with Crippen LogP contribution in [-0.2, 0) is 11.8 Å². The first kappa shape index (κ1) is 16.5. The third kappa shape index (κ3) is 4.57. The van der Waals surface area contributed by atoms with Crippen molar-refractivity contribution in [3.8, 4) is 0 Å². The van der Waals surface area contributed by atoms with E-state index in [2.05, 4.69) is 52.0 Å². The highest BCUT2D eigenvalue weighted by Crippen LogP contribution is 2.33. The van der Waals surface area contributed by atoms with Crippen molar-refractivity contribution in [1.29, 1.82) is 0 Å². The predicted molar refractivity (Wildman–Crippen MR) is 92.6 cm³/mol. The van der Waals surface area contributed by atoms with Crippen LogP contribution >= 0.6 is 0 Å². The first-order valence-corrected chi connectivity index (χ1v) is 8.71. The van der Waals surface area contributed by atoms with Gasteiger partial charge in [0.2, 0.25) is 0 Å². The molecule has 1 fully saturated rings. The monoisotopic (exact) mass is 287 g/mol. The topological polar surface area (TPSA) is 26.0 Å². The van der Waals surface area contributed by atoms with Gasteiger partial charge >= 0.3 is 0 Å². The predicted octanol–water partition coefficient (Wildman–Crippen LogP) is 5.21. The summed E-state index contributed by atoms with van der Waals surface area (Å²) in [4.78, 5) is 0. The average molecular weight is 287 g/mol. The van der Waals surface area contributed by atoms with Crippen molar-refractivity contribution >= 4 is 0 Å². The Kier molecular flexibility index (Phi) is 5.14. The second kappa shape index (κ2) is 6.52. The highest BCUT2D eigenvalue weighted by atomic mass is 14.7. The van der Waals surface area contributed by atoms with Gasteiger partial charge in [0.15, 0.2) is 0 Å². The van der Waals surface area contributed by atoms with Gasteiger partial charge in [0.1, 0.15) is 0 Å². The molecule has 2 rings (SSSR count). The molecule has 0 aromatic heterocycles. The molecule has 0 heterocycles. The number of hydrogen-bond acceptors (Lipinski definition) is 1. The Balaban J connectivity index is 2.03. The molecule has 0 saturated heterocycles. The molecule has 1 nitrogen and oxygen atoms in total. The van der Waals surface area contributed by atoms with E-state index in [1.165, 1.54) is 49.7 Å². The van der Waals surface area contributed by atoms with E-state index >= 15 is 0 Å². The summed E-state index contributed by atoms with van der Waals surface area (Å²) in [5.41, 5.74) is 9.79. The summed E-state index contributed by atoms with van der Waals surface area (Å²) in [7, 11) is 0. The Morgan fingerprint density at radius 2 is 1.76 bits per heavy atom. The molecule has 2 atom stereocenters. The van der Waals surface area contributed by atoms with Crippen LogP contribution in [0, 0.1) is 5.92 Å². The van der Waals surface area contributed by atoms with Crippen molar-refractivity contribution < 1.29 is 0 Å². The van der Waals surface area contributed by atoms with Gasteiger partial charge in [0.05, 0.1) is 0 Å². The van der Waals surface area contributed by atoms with Gasteiger partial charge in [-0.15, -0.1) is 0 Å².